The van der Waals surface area contributed by atoms with Gasteiger partial charge in [0, 0.05) is 19.6 Å². The average Bonchev–Trinajstić information content (AvgIpc) is 2.33. The molecule has 17 heavy (non-hydrogen) atoms. The number of hydrogen-bond acceptors (Lipinski definition) is 3. The number of aliphatic hydroxyl groups excluding tert-OH is 1. The van der Waals surface area contributed by atoms with E-state index in [9.17, 15) is 0 Å². The summed E-state index contributed by atoms with van der Waals surface area (Å²) in [7, 11) is 2.06. The first-order valence-corrected chi connectivity index (χ1v) is 7.13. The molecule has 3 nitrogen and oxygen atoms in total. The summed E-state index contributed by atoms with van der Waals surface area (Å²) < 4.78 is 0. The topological polar surface area (TPSA) is 35.5 Å². The maximum Gasteiger partial charge on any atom is 0.0558 e. The van der Waals surface area contributed by atoms with Crippen LogP contribution in [0.2, 0.25) is 0 Å². The molecule has 102 valence electrons. The van der Waals surface area contributed by atoms with Gasteiger partial charge in [-0.05, 0) is 37.8 Å². The maximum absolute atomic E-state index is 9.10. The molecule has 1 aliphatic rings. The molecule has 0 radical (unpaired) electrons. The second-order valence-electron chi connectivity index (χ2n) is 5.81. The summed E-state index contributed by atoms with van der Waals surface area (Å²) in [5.41, 5.74) is 0.437. The highest BCUT2D eigenvalue weighted by Gasteiger charge is 2.34. The van der Waals surface area contributed by atoms with E-state index in [-0.39, 0.29) is 6.61 Å². The van der Waals surface area contributed by atoms with Gasteiger partial charge < -0.3 is 15.3 Å². The average molecular weight is 242 g/mol. The van der Waals surface area contributed by atoms with Crippen molar-refractivity contribution in [1.29, 1.82) is 0 Å². The molecule has 0 aromatic heterocycles. The zero-order valence-electron chi connectivity index (χ0n) is 11.8. The van der Waals surface area contributed by atoms with E-state index in [1.54, 1.807) is 0 Å². The molecule has 1 rings (SSSR count). The van der Waals surface area contributed by atoms with E-state index in [2.05, 4.69) is 31.1 Å². The molecule has 0 atom stereocenters. The Morgan fingerprint density at radius 2 is 2.00 bits per heavy atom. The molecule has 1 saturated carbocycles. The molecule has 0 saturated heterocycles. The van der Waals surface area contributed by atoms with Crippen LogP contribution in [0.1, 0.15) is 39.5 Å². The van der Waals surface area contributed by atoms with Crippen molar-refractivity contribution < 1.29 is 5.11 Å². The lowest BCUT2D eigenvalue weighted by molar-refractivity contribution is 0.0804. The molecule has 1 aliphatic carbocycles. The van der Waals surface area contributed by atoms with Crippen molar-refractivity contribution in [2.45, 2.75) is 39.5 Å². The fourth-order valence-corrected chi connectivity index (χ4v) is 3.11. The summed E-state index contributed by atoms with van der Waals surface area (Å²) in [4.78, 5) is 2.40. The Labute approximate surface area is 107 Å². The van der Waals surface area contributed by atoms with Gasteiger partial charge >= 0.3 is 0 Å². The number of nitrogens with zero attached hydrogens (tertiary/aromatic N) is 1. The van der Waals surface area contributed by atoms with Gasteiger partial charge in [0.1, 0.15) is 0 Å². The van der Waals surface area contributed by atoms with Gasteiger partial charge in [0.15, 0.2) is 0 Å². The minimum atomic E-state index is 0.278. The van der Waals surface area contributed by atoms with Crippen molar-refractivity contribution in [3.63, 3.8) is 0 Å². The number of nitrogens with one attached hydrogen (secondary N) is 1. The van der Waals surface area contributed by atoms with E-state index in [1.165, 1.54) is 25.7 Å². The van der Waals surface area contributed by atoms with Gasteiger partial charge in [-0.15, -0.1) is 0 Å². The summed E-state index contributed by atoms with van der Waals surface area (Å²) in [5.74, 6) is 0.896. The van der Waals surface area contributed by atoms with Crippen LogP contribution in [-0.4, -0.2) is 49.8 Å². The van der Waals surface area contributed by atoms with Crippen LogP contribution in [-0.2, 0) is 0 Å². The van der Waals surface area contributed by atoms with Gasteiger partial charge in [0.05, 0.1) is 6.61 Å². The Kier molecular flexibility index (Phi) is 6.45. The second-order valence-corrected chi connectivity index (χ2v) is 5.81. The lowest BCUT2D eigenvalue weighted by Crippen LogP contribution is -2.46. The molecule has 0 amide bonds. The Hall–Kier alpha value is -0.120. The third-order valence-electron chi connectivity index (χ3n) is 4.31. The third kappa shape index (κ3) is 4.57. The van der Waals surface area contributed by atoms with Gasteiger partial charge in [0.25, 0.3) is 0 Å². The van der Waals surface area contributed by atoms with Crippen molar-refractivity contribution in [2.24, 2.45) is 11.3 Å². The molecule has 0 aliphatic heterocycles. The van der Waals surface area contributed by atoms with Gasteiger partial charge in [-0.25, -0.2) is 0 Å². The minimum Gasteiger partial charge on any atom is -0.395 e. The molecule has 0 heterocycles. The first kappa shape index (κ1) is 14.9. The normalized spacial score (nSPS) is 29.8. The highest BCUT2D eigenvalue weighted by atomic mass is 16.3. The molecular weight excluding hydrogens is 212 g/mol. The quantitative estimate of drug-likeness (QED) is 0.713. The van der Waals surface area contributed by atoms with Gasteiger partial charge in [-0.1, -0.05) is 26.7 Å². The summed E-state index contributed by atoms with van der Waals surface area (Å²) >= 11 is 0. The second kappa shape index (κ2) is 7.34. The molecule has 2 N–H and O–H groups in total. The van der Waals surface area contributed by atoms with Gasteiger partial charge in [-0.2, -0.15) is 0 Å². The highest BCUT2D eigenvalue weighted by Crippen LogP contribution is 2.39. The predicted molar refractivity (Wildman–Crippen MR) is 73.2 cm³/mol. The van der Waals surface area contributed by atoms with Crippen LogP contribution in [0, 0.1) is 11.3 Å². The van der Waals surface area contributed by atoms with Crippen LogP contribution >= 0.6 is 0 Å². The molecule has 0 aromatic rings. The molecule has 0 spiro atoms. The minimum absolute atomic E-state index is 0.278. The summed E-state index contributed by atoms with van der Waals surface area (Å²) in [6.07, 6.45) is 5.38. The Morgan fingerprint density at radius 3 is 2.47 bits per heavy atom. The van der Waals surface area contributed by atoms with Crippen LogP contribution in [0.15, 0.2) is 0 Å². The van der Waals surface area contributed by atoms with E-state index in [0.29, 0.717) is 5.41 Å². The first-order chi connectivity index (χ1) is 8.15. The fraction of sp³-hybridized carbons (Fsp3) is 1.00. The van der Waals surface area contributed by atoms with E-state index in [0.717, 1.165) is 32.1 Å². The summed E-state index contributed by atoms with van der Waals surface area (Å²) in [5, 5.41) is 12.5. The standard InChI is InChI=1S/C14H30N2O/c1-4-16(9-10-17)12-14(11-15-3)7-5-13(2)6-8-14/h13,15,17H,4-12H2,1-3H3. The molecule has 0 unspecified atom stereocenters. The zero-order chi connectivity index (χ0) is 12.7. The fourth-order valence-electron chi connectivity index (χ4n) is 3.11. The predicted octanol–water partition coefficient (Wildman–Crippen LogP) is 1.72. The molecule has 0 aromatic carbocycles. The smallest absolute Gasteiger partial charge is 0.0558 e. The van der Waals surface area contributed by atoms with Crippen molar-refractivity contribution in [1.82, 2.24) is 10.2 Å². The molecular formula is C14H30N2O. The third-order valence-corrected chi connectivity index (χ3v) is 4.31. The van der Waals surface area contributed by atoms with Crippen LogP contribution in [0.4, 0.5) is 0 Å². The Bertz CT molecular complexity index is 200. The van der Waals surface area contributed by atoms with Crippen molar-refractivity contribution in [3.8, 4) is 0 Å². The van der Waals surface area contributed by atoms with Crippen molar-refractivity contribution in [2.75, 3.05) is 39.8 Å². The number of aliphatic hydroxyl groups is 1. The summed E-state index contributed by atoms with van der Waals surface area (Å²) in [6.45, 7) is 8.95. The molecule has 3 heteroatoms. The SMILES string of the molecule is CCN(CCO)CC1(CNC)CCC(C)CC1. The van der Waals surface area contributed by atoms with E-state index >= 15 is 0 Å². The molecule has 1 fully saturated rings. The van der Waals surface area contributed by atoms with Crippen LogP contribution < -0.4 is 5.32 Å². The van der Waals surface area contributed by atoms with Gasteiger partial charge in [0.2, 0.25) is 0 Å². The van der Waals surface area contributed by atoms with E-state index in [1.807, 2.05) is 0 Å². The Morgan fingerprint density at radius 1 is 1.35 bits per heavy atom. The monoisotopic (exact) mass is 242 g/mol. The van der Waals surface area contributed by atoms with E-state index < -0.39 is 0 Å². The lowest BCUT2D eigenvalue weighted by Gasteiger charge is -2.42. The van der Waals surface area contributed by atoms with Crippen LogP contribution in [0.5, 0.6) is 0 Å². The largest absolute Gasteiger partial charge is 0.395 e. The lowest BCUT2D eigenvalue weighted by atomic mass is 9.70. The van der Waals surface area contributed by atoms with Crippen molar-refractivity contribution >= 4 is 0 Å². The molecule has 0 bridgehead atoms. The van der Waals surface area contributed by atoms with Crippen LogP contribution in [0.3, 0.4) is 0 Å². The Balaban J connectivity index is 2.57. The number of hydrogen-bond donors (Lipinski definition) is 2. The zero-order valence-corrected chi connectivity index (χ0v) is 11.8. The summed E-state index contributed by atoms with van der Waals surface area (Å²) in [6, 6.07) is 0. The maximum atomic E-state index is 9.10. The van der Waals surface area contributed by atoms with Gasteiger partial charge in [-0.3, -0.25) is 0 Å². The number of likely N-dealkylation sites (N-methyl/N-ethyl adjacent to an activating group) is 1. The first-order valence-electron chi connectivity index (χ1n) is 7.13. The number of rotatable bonds is 7. The van der Waals surface area contributed by atoms with Crippen LogP contribution in [0.25, 0.3) is 0 Å². The highest BCUT2D eigenvalue weighted by molar-refractivity contribution is 4.88. The van der Waals surface area contributed by atoms with Crippen molar-refractivity contribution in [3.05, 3.63) is 0 Å². The van der Waals surface area contributed by atoms with E-state index in [4.69, 9.17) is 5.11 Å².